The van der Waals surface area contributed by atoms with E-state index < -0.39 is 10.0 Å². The molecular weight excluding hydrogens is 340 g/mol. The smallest absolute Gasteiger partial charge is 0.253 e. The summed E-state index contributed by atoms with van der Waals surface area (Å²) in [5.41, 5.74) is 0.287. The Hall–Kier alpha value is -1.44. The first kappa shape index (κ1) is 18.4. The molecule has 6 nitrogen and oxygen atoms in total. The van der Waals surface area contributed by atoms with E-state index in [1.165, 1.54) is 12.1 Å². The molecule has 1 amide bonds. The van der Waals surface area contributed by atoms with Gasteiger partial charge in [-0.05, 0) is 31.0 Å². The predicted octanol–water partition coefficient (Wildman–Crippen LogP) is 2.02. The van der Waals surface area contributed by atoms with Crippen LogP contribution in [0.3, 0.4) is 0 Å². The molecule has 25 heavy (non-hydrogen) atoms. The molecular formula is C18H26N2O4S. The summed E-state index contributed by atoms with van der Waals surface area (Å²) < 4.78 is 32.9. The van der Waals surface area contributed by atoms with Crippen molar-refractivity contribution < 1.29 is 17.9 Å². The van der Waals surface area contributed by atoms with Crippen LogP contribution >= 0.6 is 0 Å². The SMILES string of the molecule is CC1(CNS(=O)(=O)c2cccc(C(=O)N3CCCCCC3)c2)COC1. The van der Waals surface area contributed by atoms with Crippen LogP contribution in [0.4, 0.5) is 0 Å². The van der Waals surface area contributed by atoms with E-state index >= 15 is 0 Å². The van der Waals surface area contributed by atoms with Gasteiger partial charge in [0.05, 0.1) is 18.1 Å². The Bertz CT molecular complexity index is 720. The van der Waals surface area contributed by atoms with Crippen molar-refractivity contribution in [2.75, 3.05) is 32.8 Å². The van der Waals surface area contributed by atoms with Gasteiger partial charge in [-0.1, -0.05) is 25.8 Å². The molecule has 1 N–H and O–H groups in total. The zero-order chi connectivity index (χ0) is 17.9. The summed E-state index contributed by atoms with van der Waals surface area (Å²) in [6, 6.07) is 6.33. The standard InChI is InChI=1S/C18H26N2O4S/c1-18(13-24-14-18)12-19-25(22,23)16-8-6-7-15(11-16)17(21)20-9-4-2-3-5-10-20/h6-8,11,19H,2-5,9-10,12-14H2,1H3. The fourth-order valence-corrected chi connectivity index (χ4v) is 4.40. The van der Waals surface area contributed by atoms with Gasteiger partial charge < -0.3 is 9.64 Å². The maximum atomic E-state index is 12.7. The zero-order valence-corrected chi connectivity index (χ0v) is 15.5. The minimum Gasteiger partial charge on any atom is -0.380 e. The van der Waals surface area contributed by atoms with Crippen LogP contribution in [0.5, 0.6) is 0 Å². The highest BCUT2D eigenvalue weighted by Crippen LogP contribution is 2.26. The predicted molar refractivity (Wildman–Crippen MR) is 94.9 cm³/mol. The molecule has 0 atom stereocenters. The summed E-state index contributed by atoms with van der Waals surface area (Å²) in [7, 11) is -3.64. The van der Waals surface area contributed by atoms with Gasteiger partial charge in [0, 0.05) is 30.6 Å². The van der Waals surface area contributed by atoms with Crippen molar-refractivity contribution in [2.24, 2.45) is 5.41 Å². The fraction of sp³-hybridized carbons (Fsp3) is 0.611. The third-order valence-electron chi connectivity index (χ3n) is 4.87. The zero-order valence-electron chi connectivity index (χ0n) is 14.7. The van der Waals surface area contributed by atoms with E-state index in [2.05, 4.69) is 4.72 Å². The van der Waals surface area contributed by atoms with Gasteiger partial charge in [0.15, 0.2) is 0 Å². The molecule has 138 valence electrons. The van der Waals surface area contributed by atoms with Gasteiger partial charge in [-0.2, -0.15) is 0 Å². The quantitative estimate of drug-likeness (QED) is 0.865. The number of nitrogens with zero attached hydrogens (tertiary/aromatic N) is 1. The minimum atomic E-state index is -3.64. The Morgan fingerprint density at radius 2 is 1.88 bits per heavy atom. The van der Waals surface area contributed by atoms with Crippen molar-refractivity contribution in [1.29, 1.82) is 0 Å². The van der Waals surface area contributed by atoms with Crippen molar-refractivity contribution >= 4 is 15.9 Å². The van der Waals surface area contributed by atoms with Gasteiger partial charge in [0.1, 0.15) is 0 Å². The number of carbonyl (C=O) groups is 1. The van der Waals surface area contributed by atoms with Crippen LogP contribution in [0.1, 0.15) is 43.0 Å². The van der Waals surface area contributed by atoms with Crippen molar-refractivity contribution in [3.05, 3.63) is 29.8 Å². The largest absolute Gasteiger partial charge is 0.380 e. The number of hydrogen-bond donors (Lipinski definition) is 1. The molecule has 2 saturated heterocycles. The Morgan fingerprint density at radius 3 is 2.48 bits per heavy atom. The first-order valence-corrected chi connectivity index (χ1v) is 10.3. The number of hydrogen-bond acceptors (Lipinski definition) is 4. The summed E-state index contributed by atoms with van der Waals surface area (Å²) in [4.78, 5) is 14.7. The van der Waals surface area contributed by atoms with E-state index in [0.29, 0.717) is 25.3 Å². The highest BCUT2D eigenvalue weighted by Gasteiger charge is 2.34. The molecule has 1 aromatic rings. The molecule has 0 aliphatic carbocycles. The normalized spacial score (nSPS) is 20.6. The number of ether oxygens (including phenoxy) is 1. The van der Waals surface area contributed by atoms with E-state index in [1.54, 1.807) is 12.1 Å². The Balaban J connectivity index is 1.72. The molecule has 3 rings (SSSR count). The summed E-state index contributed by atoms with van der Waals surface area (Å²) in [6.45, 7) is 4.92. The van der Waals surface area contributed by atoms with Crippen LogP contribution in [0.2, 0.25) is 0 Å². The second-order valence-corrected chi connectivity index (χ2v) is 9.13. The highest BCUT2D eigenvalue weighted by atomic mass is 32.2. The Kier molecular flexibility index (Phi) is 5.46. The maximum absolute atomic E-state index is 12.7. The molecule has 2 aliphatic heterocycles. The van der Waals surface area contributed by atoms with Crippen molar-refractivity contribution in [2.45, 2.75) is 37.5 Å². The van der Waals surface area contributed by atoms with E-state index in [4.69, 9.17) is 4.74 Å². The summed E-state index contributed by atoms with van der Waals surface area (Å²) in [5, 5.41) is 0. The van der Waals surface area contributed by atoms with E-state index in [-0.39, 0.29) is 16.2 Å². The van der Waals surface area contributed by atoms with Crippen LogP contribution in [-0.2, 0) is 14.8 Å². The molecule has 2 fully saturated rings. The van der Waals surface area contributed by atoms with Crippen molar-refractivity contribution in [3.8, 4) is 0 Å². The maximum Gasteiger partial charge on any atom is 0.253 e. The second-order valence-electron chi connectivity index (χ2n) is 7.36. The summed E-state index contributed by atoms with van der Waals surface area (Å²) in [5.74, 6) is -0.0849. The lowest BCUT2D eigenvalue weighted by molar-refractivity contribution is -0.0965. The number of likely N-dealkylation sites (tertiary alicyclic amines) is 1. The molecule has 2 aliphatic rings. The molecule has 0 spiro atoms. The van der Waals surface area contributed by atoms with Gasteiger partial charge >= 0.3 is 0 Å². The molecule has 0 bridgehead atoms. The lowest BCUT2D eigenvalue weighted by Gasteiger charge is -2.37. The number of rotatable bonds is 5. The van der Waals surface area contributed by atoms with E-state index in [9.17, 15) is 13.2 Å². The molecule has 2 heterocycles. The van der Waals surface area contributed by atoms with Gasteiger partial charge in [-0.15, -0.1) is 0 Å². The molecule has 0 unspecified atom stereocenters. The van der Waals surface area contributed by atoms with Gasteiger partial charge in [-0.25, -0.2) is 13.1 Å². The van der Waals surface area contributed by atoms with E-state index in [0.717, 1.165) is 38.8 Å². The van der Waals surface area contributed by atoms with Crippen molar-refractivity contribution in [3.63, 3.8) is 0 Å². The van der Waals surface area contributed by atoms with E-state index in [1.807, 2.05) is 11.8 Å². The number of nitrogens with one attached hydrogen (secondary N) is 1. The number of benzene rings is 1. The molecule has 0 radical (unpaired) electrons. The highest BCUT2D eigenvalue weighted by molar-refractivity contribution is 7.89. The lowest BCUT2D eigenvalue weighted by Crippen LogP contribution is -2.48. The van der Waals surface area contributed by atoms with Crippen LogP contribution in [0.25, 0.3) is 0 Å². The molecule has 0 aromatic heterocycles. The third-order valence-corrected chi connectivity index (χ3v) is 6.27. The number of sulfonamides is 1. The number of carbonyl (C=O) groups excluding carboxylic acids is 1. The van der Waals surface area contributed by atoms with Crippen LogP contribution < -0.4 is 4.72 Å². The molecule has 7 heteroatoms. The van der Waals surface area contributed by atoms with Gasteiger partial charge in [0.25, 0.3) is 5.91 Å². The second kappa shape index (κ2) is 7.43. The molecule has 0 saturated carbocycles. The van der Waals surface area contributed by atoms with Gasteiger partial charge in [0.2, 0.25) is 10.0 Å². The Morgan fingerprint density at radius 1 is 1.20 bits per heavy atom. The topological polar surface area (TPSA) is 75.7 Å². The fourth-order valence-electron chi connectivity index (χ4n) is 3.16. The van der Waals surface area contributed by atoms with Crippen LogP contribution in [0.15, 0.2) is 29.2 Å². The van der Waals surface area contributed by atoms with Crippen molar-refractivity contribution in [1.82, 2.24) is 9.62 Å². The van der Waals surface area contributed by atoms with Crippen LogP contribution in [0, 0.1) is 5.41 Å². The third kappa shape index (κ3) is 4.40. The van der Waals surface area contributed by atoms with Gasteiger partial charge in [-0.3, -0.25) is 4.79 Å². The lowest BCUT2D eigenvalue weighted by atomic mass is 9.89. The first-order chi connectivity index (χ1) is 11.9. The molecule has 1 aromatic carbocycles. The minimum absolute atomic E-state index is 0.0849. The average molecular weight is 366 g/mol. The summed E-state index contributed by atoms with van der Waals surface area (Å²) >= 11 is 0. The summed E-state index contributed by atoms with van der Waals surface area (Å²) in [6.07, 6.45) is 4.30. The monoisotopic (exact) mass is 366 g/mol. The Labute approximate surface area is 149 Å². The average Bonchev–Trinajstić information content (AvgIpc) is 2.87. The first-order valence-electron chi connectivity index (χ1n) is 8.86. The van der Waals surface area contributed by atoms with Crippen LogP contribution in [-0.4, -0.2) is 52.1 Å². The number of amides is 1.